The molecule has 5 heteroatoms. The van der Waals surface area contributed by atoms with E-state index >= 15 is 0 Å². The van der Waals surface area contributed by atoms with Crippen LogP contribution in [0.4, 0.5) is 4.79 Å². The van der Waals surface area contributed by atoms with E-state index in [1.54, 1.807) is 24.3 Å². The summed E-state index contributed by atoms with van der Waals surface area (Å²) in [6.07, 6.45) is -1.17. The molecular weight excluding hydrogens is 218 g/mol. The zero-order chi connectivity index (χ0) is 10.6. The van der Waals surface area contributed by atoms with Gasteiger partial charge in [-0.25, -0.2) is 9.69 Å². The Hall–Kier alpha value is -1.33. The molecule has 1 aromatic carbocycles. The number of amides is 1. The Kier molecular flexibility index (Phi) is 3.67. The lowest BCUT2D eigenvalue weighted by Crippen LogP contribution is -2.32. The summed E-state index contributed by atoms with van der Waals surface area (Å²) in [5.41, 5.74) is 1.67. The first-order valence-electron chi connectivity index (χ1n) is 3.73. The van der Waals surface area contributed by atoms with Gasteiger partial charge in [0.15, 0.2) is 0 Å². The third kappa shape index (κ3) is 2.34. The smallest absolute Gasteiger partial charge is 0.417 e. The molecule has 1 N–H and O–H groups in total. The number of carboxylic acid groups (broad SMARTS) is 1. The van der Waals surface area contributed by atoms with Crippen molar-refractivity contribution in [2.75, 3.05) is 0 Å². The molecule has 0 radical (unpaired) electrons. The number of rotatable bonds is 2. The van der Waals surface area contributed by atoms with Crippen molar-refractivity contribution in [1.82, 2.24) is 4.90 Å². The summed E-state index contributed by atoms with van der Waals surface area (Å²) >= 11 is 9.52. The van der Waals surface area contributed by atoms with Gasteiger partial charge in [0.25, 0.3) is 0 Å². The highest BCUT2D eigenvalue weighted by Gasteiger charge is 2.15. The van der Waals surface area contributed by atoms with Gasteiger partial charge in [0.2, 0.25) is 0 Å². The van der Waals surface area contributed by atoms with Crippen molar-refractivity contribution >= 4 is 41.0 Å². The van der Waals surface area contributed by atoms with E-state index < -0.39 is 6.09 Å². The van der Waals surface area contributed by atoms with Gasteiger partial charge in [0, 0.05) is 5.56 Å². The first-order chi connectivity index (χ1) is 6.66. The predicted octanol–water partition coefficient (Wildman–Crippen LogP) is 2.30. The minimum Gasteiger partial charge on any atom is -0.464 e. The molecule has 0 aliphatic carbocycles. The van der Waals surface area contributed by atoms with Crippen LogP contribution in [0.1, 0.15) is 5.56 Å². The molecule has 1 amide bonds. The molecule has 0 heterocycles. The first-order valence-corrected chi connectivity index (χ1v) is 4.61. The van der Waals surface area contributed by atoms with Gasteiger partial charge in [0.05, 0.1) is 5.49 Å². The summed E-state index contributed by atoms with van der Waals surface area (Å²) in [7, 11) is 0. The minimum atomic E-state index is -1.17. The summed E-state index contributed by atoms with van der Waals surface area (Å²) in [5, 5.41) is 8.75. The maximum atomic E-state index is 10.7. The van der Waals surface area contributed by atoms with Crippen LogP contribution in [0.3, 0.4) is 0 Å². The highest BCUT2D eigenvalue weighted by Crippen LogP contribution is 2.05. The van der Waals surface area contributed by atoms with Crippen molar-refractivity contribution < 1.29 is 9.90 Å². The average molecular weight is 225 g/mol. The molecule has 0 aliphatic rings. The minimum absolute atomic E-state index is 0.188. The topological polar surface area (TPSA) is 40.5 Å². The van der Waals surface area contributed by atoms with E-state index in [1.807, 2.05) is 6.07 Å². The molecular formula is C9H7NO2S2. The van der Waals surface area contributed by atoms with Gasteiger partial charge in [-0.1, -0.05) is 54.8 Å². The maximum absolute atomic E-state index is 10.7. The molecule has 0 unspecified atom stereocenters. The van der Waals surface area contributed by atoms with Gasteiger partial charge in [0.1, 0.15) is 4.99 Å². The maximum Gasteiger partial charge on any atom is 0.417 e. The van der Waals surface area contributed by atoms with Crippen LogP contribution in [0.2, 0.25) is 0 Å². The highest BCUT2D eigenvalue weighted by molar-refractivity contribution is 7.81. The lowest BCUT2D eigenvalue weighted by atomic mass is 10.2. The molecule has 72 valence electrons. The van der Waals surface area contributed by atoms with Crippen LogP contribution in [0, 0.1) is 0 Å². The van der Waals surface area contributed by atoms with Crippen molar-refractivity contribution in [1.29, 1.82) is 0 Å². The zero-order valence-corrected chi connectivity index (χ0v) is 8.72. The Morgan fingerprint density at radius 3 is 2.36 bits per heavy atom. The number of hydrogen-bond donors (Lipinski definition) is 1. The molecule has 0 atom stereocenters. The van der Waals surface area contributed by atoms with Crippen LogP contribution in [0.15, 0.2) is 30.3 Å². The zero-order valence-electron chi connectivity index (χ0n) is 7.08. The molecule has 0 aliphatic heterocycles. The molecule has 1 rings (SSSR count). The van der Waals surface area contributed by atoms with Gasteiger partial charge >= 0.3 is 6.09 Å². The molecule has 0 fully saturated rings. The lowest BCUT2D eigenvalue weighted by molar-refractivity contribution is 0.185. The second-order valence-corrected chi connectivity index (χ2v) is 3.03. The Balaban J connectivity index is 2.95. The predicted molar refractivity (Wildman–Crippen MR) is 61.7 cm³/mol. The molecule has 0 saturated carbocycles. The van der Waals surface area contributed by atoms with Crippen LogP contribution in [-0.2, 0) is 0 Å². The van der Waals surface area contributed by atoms with Crippen molar-refractivity contribution in [3.63, 3.8) is 0 Å². The van der Waals surface area contributed by atoms with Gasteiger partial charge in [-0.3, -0.25) is 0 Å². The molecule has 0 bridgehead atoms. The molecule has 0 spiro atoms. The molecule has 14 heavy (non-hydrogen) atoms. The van der Waals surface area contributed by atoms with E-state index in [4.69, 9.17) is 17.3 Å². The molecule has 1 aromatic rings. The summed E-state index contributed by atoms with van der Waals surface area (Å²) in [6.45, 7) is 0. The fourth-order valence-electron chi connectivity index (χ4n) is 0.900. The Labute approximate surface area is 92.0 Å². The van der Waals surface area contributed by atoms with Crippen LogP contribution in [-0.4, -0.2) is 26.6 Å². The fourth-order valence-corrected chi connectivity index (χ4v) is 1.43. The standard InChI is InChI=1S/C9H7NO2S2/c11-9(12)10(6-13)8(14)7-4-2-1-3-5-7/h1-6H,(H,11,12). The normalized spacial score (nSPS) is 9.14. The van der Waals surface area contributed by atoms with Gasteiger partial charge in [-0.05, 0) is 0 Å². The van der Waals surface area contributed by atoms with Crippen molar-refractivity contribution in [3.8, 4) is 0 Å². The SMILES string of the molecule is O=C(O)N(C=S)C(=S)c1ccccc1. The van der Waals surface area contributed by atoms with Gasteiger partial charge in [-0.15, -0.1) is 0 Å². The van der Waals surface area contributed by atoms with E-state index in [1.165, 1.54) is 0 Å². The quantitative estimate of drug-likeness (QED) is 0.784. The Morgan fingerprint density at radius 1 is 1.36 bits per heavy atom. The van der Waals surface area contributed by atoms with Crippen molar-refractivity contribution in [2.24, 2.45) is 0 Å². The van der Waals surface area contributed by atoms with Crippen LogP contribution in [0.25, 0.3) is 0 Å². The van der Waals surface area contributed by atoms with Crippen molar-refractivity contribution in [2.45, 2.75) is 0 Å². The molecule has 0 aromatic heterocycles. The number of carbonyl (C=O) groups is 1. The summed E-state index contributed by atoms with van der Waals surface area (Å²) in [4.78, 5) is 11.7. The monoisotopic (exact) mass is 225 g/mol. The number of thiocarbonyl (C=S) groups is 2. The molecule has 0 saturated heterocycles. The van der Waals surface area contributed by atoms with E-state index in [0.717, 1.165) is 10.4 Å². The number of benzene rings is 1. The Bertz CT molecular complexity index is 364. The highest BCUT2D eigenvalue weighted by atomic mass is 32.1. The second kappa shape index (κ2) is 4.78. The molecule has 3 nitrogen and oxygen atoms in total. The fraction of sp³-hybridized carbons (Fsp3) is 0. The van der Waals surface area contributed by atoms with Gasteiger partial charge < -0.3 is 5.11 Å². The van der Waals surface area contributed by atoms with E-state index in [-0.39, 0.29) is 4.99 Å². The van der Waals surface area contributed by atoms with Gasteiger partial charge in [-0.2, -0.15) is 0 Å². The second-order valence-electron chi connectivity index (χ2n) is 2.43. The van der Waals surface area contributed by atoms with Crippen molar-refractivity contribution in [3.05, 3.63) is 35.9 Å². The number of hydrogen-bond acceptors (Lipinski definition) is 3. The third-order valence-corrected chi connectivity index (χ3v) is 2.19. The largest absolute Gasteiger partial charge is 0.464 e. The van der Waals surface area contributed by atoms with E-state index in [0.29, 0.717) is 5.56 Å². The van der Waals surface area contributed by atoms with E-state index in [2.05, 4.69) is 12.2 Å². The number of nitrogens with zero attached hydrogens (tertiary/aromatic N) is 1. The summed E-state index contributed by atoms with van der Waals surface area (Å²) in [5.74, 6) is 0. The van der Waals surface area contributed by atoms with Crippen LogP contribution < -0.4 is 0 Å². The lowest BCUT2D eigenvalue weighted by Gasteiger charge is -2.13. The summed E-state index contributed by atoms with van der Waals surface area (Å²) < 4.78 is 0. The van der Waals surface area contributed by atoms with Crippen LogP contribution >= 0.6 is 24.4 Å². The first kappa shape index (κ1) is 10.7. The Morgan fingerprint density at radius 2 is 1.93 bits per heavy atom. The average Bonchev–Trinajstić information content (AvgIpc) is 2.19. The van der Waals surface area contributed by atoms with Crippen LogP contribution in [0.5, 0.6) is 0 Å². The summed E-state index contributed by atoms with van der Waals surface area (Å²) in [6, 6.07) is 8.86. The third-order valence-electron chi connectivity index (χ3n) is 1.55. The van der Waals surface area contributed by atoms with E-state index in [9.17, 15) is 4.79 Å².